The normalized spacial score (nSPS) is 12.2. The van der Waals surface area contributed by atoms with Crippen molar-refractivity contribution in [3.63, 3.8) is 0 Å². The minimum absolute atomic E-state index is 0.208. The molecule has 0 heterocycles. The second-order valence-corrected chi connectivity index (χ2v) is 5.74. The molecule has 0 radical (unpaired) electrons. The predicted octanol–water partition coefficient (Wildman–Crippen LogP) is 2.96. The summed E-state index contributed by atoms with van der Waals surface area (Å²) in [6.45, 7) is 8.63. The zero-order chi connectivity index (χ0) is 16.1. The molecule has 0 bridgehead atoms. The average Bonchev–Trinajstić information content (AvgIpc) is 2.38. The lowest BCUT2D eigenvalue weighted by Gasteiger charge is -2.12. The highest BCUT2D eigenvalue weighted by Crippen LogP contribution is 2.15. The predicted molar refractivity (Wildman–Crippen MR) is 80.9 cm³/mol. The lowest BCUT2D eigenvalue weighted by Crippen LogP contribution is -2.19. The van der Waals surface area contributed by atoms with Crippen LogP contribution in [0.3, 0.4) is 0 Å². The molecule has 0 saturated carbocycles. The van der Waals surface area contributed by atoms with Gasteiger partial charge in [0.15, 0.2) is 0 Å². The monoisotopic (exact) mass is 302 g/mol. The Hall–Kier alpha value is -1.10. The molecule has 0 rings (SSSR count). The molecule has 0 aliphatic heterocycles. The Morgan fingerprint density at radius 2 is 1.52 bits per heavy atom. The van der Waals surface area contributed by atoms with Crippen LogP contribution < -0.4 is 0 Å². The first kappa shape index (κ1) is 19.9. The summed E-state index contributed by atoms with van der Waals surface area (Å²) in [5.74, 6) is 0.390. The van der Waals surface area contributed by atoms with E-state index >= 15 is 0 Å². The molecule has 0 aliphatic rings. The van der Waals surface area contributed by atoms with Gasteiger partial charge in [-0.05, 0) is 25.2 Å². The SMILES string of the molecule is CCOC(=O)COCC(=O)OCCC(C)CCCC(C)C. The van der Waals surface area contributed by atoms with E-state index < -0.39 is 11.9 Å². The van der Waals surface area contributed by atoms with E-state index in [-0.39, 0.29) is 13.2 Å². The van der Waals surface area contributed by atoms with E-state index in [1.807, 2.05) is 0 Å². The standard InChI is InChI=1S/C16H30O5/c1-5-20-15(17)11-19-12-16(18)21-10-9-14(4)8-6-7-13(2)3/h13-14H,5-12H2,1-4H3. The second kappa shape index (κ2) is 12.6. The summed E-state index contributed by atoms with van der Waals surface area (Å²) >= 11 is 0. The fourth-order valence-electron chi connectivity index (χ4n) is 1.85. The minimum Gasteiger partial charge on any atom is -0.464 e. The topological polar surface area (TPSA) is 61.8 Å². The molecule has 1 unspecified atom stereocenters. The molecule has 21 heavy (non-hydrogen) atoms. The van der Waals surface area contributed by atoms with Crippen molar-refractivity contribution in [2.24, 2.45) is 11.8 Å². The van der Waals surface area contributed by atoms with Gasteiger partial charge < -0.3 is 14.2 Å². The number of esters is 2. The van der Waals surface area contributed by atoms with E-state index in [2.05, 4.69) is 25.5 Å². The maximum Gasteiger partial charge on any atom is 0.332 e. The third-order valence-electron chi connectivity index (χ3n) is 3.10. The number of hydrogen-bond acceptors (Lipinski definition) is 5. The second-order valence-electron chi connectivity index (χ2n) is 5.74. The van der Waals surface area contributed by atoms with Crippen LogP contribution >= 0.6 is 0 Å². The van der Waals surface area contributed by atoms with Gasteiger partial charge >= 0.3 is 11.9 Å². The van der Waals surface area contributed by atoms with E-state index in [0.717, 1.165) is 18.8 Å². The molecule has 0 aromatic carbocycles. The molecule has 124 valence electrons. The van der Waals surface area contributed by atoms with Gasteiger partial charge in [0.1, 0.15) is 13.2 Å². The molecular weight excluding hydrogens is 272 g/mol. The maximum absolute atomic E-state index is 11.4. The Morgan fingerprint density at radius 1 is 0.905 bits per heavy atom. The molecular formula is C16H30O5. The Balaban J connectivity index is 3.50. The molecule has 0 amide bonds. The Morgan fingerprint density at radius 3 is 2.10 bits per heavy atom. The fraction of sp³-hybridized carbons (Fsp3) is 0.875. The van der Waals surface area contributed by atoms with Crippen LogP contribution in [0.2, 0.25) is 0 Å². The van der Waals surface area contributed by atoms with Crippen LogP contribution in [-0.4, -0.2) is 38.4 Å². The first-order valence-electron chi connectivity index (χ1n) is 7.84. The van der Waals surface area contributed by atoms with Gasteiger partial charge in [-0.2, -0.15) is 0 Å². The number of rotatable bonds is 12. The molecule has 0 spiro atoms. The molecule has 5 nitrogen and oxygen atoms in total. The largest absolute Gasteiger partial charge is 0.464 e. The van der Waals surface area contributed by atoms with Crippen LogP contribution in [0.5, 0.6) is 0 Å². The smallest absolute Gasteiger partial charge is 0.332 e. The van der Waals surface area contributed by atoms with E-state index in [1.54, 1.807) is 6.92 Å². The Labute approximate surface area is 128 Å². The zero-order valence-corrected chi connectivity index (χ0v) is 13.9. The van der Waals surface area contributed by atoms with E-state index in [9.17, 15) is 9.59 Å². The minimum atomic E-state index is -0.468. The molecule has 1 atom stereocenters. The van der Waals surface area contributed by atoms with Crippen LogP contribution in [-0.2, 0) is 23.8 Å². The zero-order valence-electron chi connectivity index (χ0n) is 13.9. The lowest BCUT2D eigenvalue weighted by molar-refractivity contribution is -0.155. The highest BCUT2D eigenvalue weighted by molar-refractivity contribution is 5.73. The first-order valence-corrected chi connectivity index (χ1v) is 7.84. The van der Waals surface area contributed by atoms with E-state index in [0.29, 0.717) is 19.1 Å². The summed E-state index contributed by atoms with van der Waals surface area (Å²) in [7, 11) is 0. The van der Waals surface area contributed by atoms with Crippen LogP contribution in [0.4, 0.5) is 0 Å². The van der Waals surface area contributed by atoms with Crippen LogP contribution in [0.15, 0.2) is 0 Å². The quantitative estimate of drug-likeness (QED) is 0.519. The summed E-state index contributed by atoms with van der Waals surface area (Å²) in [6.07, 6.45) is 4.48. The van der Waals surface area contributed by atoms with Crippen molar-refractivity contribution in [3.8, 4) is 0 Å². The van der Waals surface area contributed by atoms with Crippen molar-refractivity contribution >= 4 is 11.9 Å². The van der Waals surface area contributed by atoms with Gasteiger partial charge in [-0.15, -0.1) is 0 Å². The maximum atomic E-state index is 11.4. The van der Waals surface area contributed by atoms with E-state index in [4.69, 9.17) is 9.47 Å². The Bertz CT molecular complexity index is 288. The van der Waals surface area contributed by atoms with Crippen molar-refractivity contribution in [3.05, 3.63) is 0 Å². The molecule has 0 N–H and O–H groups in total. The number of carbonyl (C=O) groups is 2. The van der Waals surface area contributed by atoms with Gasteiger partial charge in [0.25, 0.3) is 0 Å². The van der Waals surface area contributed by atoms with Crippen molar-refractivity contribution in [2.75, 3.05) is 26.4 Å². The molecule has 0 aliphatic carbocycles. The van der Waals surface area contributed by atoms with Gasteiger partial charge in [0.05, 0.1) is 13.2 Å². The van der Waals surface area contributed by atoms with Crippen molar-refractivity contribution in [2.45, 2.75) is 53.4 Å². The number of carbonyl (C=O) groups excluding carboxylic acids is 2. The summed E-state index contributed by atoms with van der Waals surface area (Å²) < 4.78 is 14.6. The third-order valence-corrected chi connectivity index (χ3v) is 3.10. The van der Waals surface area contributed by atoms with Crippen LogP contribution in [0, 0.1) is 11.8 Å². The van der Waals surface area contributed by atoms with Gasteiger partial charge in [0.2, 0.25) is 0 Å². The summed E-state index contributed by atoms with van der Waals surface area (Å²) in [4.78, 5) is 22.3. The lowest BCUT2D eigenvalue weighted by atomic mass is 9.98. The first-order chi connectivity index (χ1) is 9.95. The highest BCUT2D eigenvalue weighted by atomic mass is 16.6. The van der Waals surface area contributed by atoms with Crippen molar-refractivity contribution in [1.82, 2.24) is 0 Å². The van der Waals surface area contributed by atoms with E-state index in [1.165, 1.54) is 12.8 Å². The molecule has 0 saturated heterocycles. The van der Waals surface area contributed by atoms with Gasteiger partial charge in [0, 0.05) is 0 Å². The Kier molecular flexibility index (Phi) is 12.0. The summed E-state index contributed by atoms with van der Waals surface area (Å²) in [6, 6.07) is 0. The average molecular weight is 302 g/mol. The van der Waals surface area contributed by atoms with Gasteiger partial charge in [-0.3, -0.25) is 0 Å². The van der Waals surface area contributed by atoms with Gasteiger partial charge in [-0.25, -0.2) is 9.59 Å². The fourth-order valence-corrected chi connectivity index (χ4v) is 1.85. The number of ether oxygens (including phenoxy) is 3. The molecule has 0 aromatic rings. The van der Waals surface area contributed by atoms with Crippen molar-refractivity contribution in [1.29, 1.82) is 0 Å². The van der Waals surface area contributed by atoms with Gasteiger partial charge in [-0.1, -0.05) is 40.0 Å². The summed E-state index contributed by atoms with van der Waals surface area (Å²) in [5, 5.41) is 0. The third kappa shape index (κ3) is 13.6. The van der Waals surface area contributed by atoms with Crippen LogP contribution in [0.25, 0.3) is 0 Å². The molecule has 0 aromatic heterocycles. The highest BCUT2D eigenvalue weighted by Gasteiger charge is 2.08. The van der Waals surface area contributed by atoms with Crippen LogP contribution in [0.1, 0.15) is 53.4 Å². The number of hydrogen-bond donors (Lipinski definition) is 0. The molecule has 5 heteroatoms. The summed E-state index contributed by atoms with van der Waals surface area (Å²) in [5.41, 5.74) is 0. The van der Waals surface area contributed by atoms with Crippen molar-refractivity contribution < 1.29 is 23.8 Å². The molecule has 0 fully saturated rings.